The average molecular weight is 230 g/mol. The number of H-pyrrole nitrogens is 1. The molecule has 0 aliphatic carbocycles. The van der Waals surface area contributed by atoms with E-state index in [2.05, 4.69) is 20.6 Å². The van der Waals surface area contributed by atoms with E-state index >= 15 is 0 Å². The van der Waals surface area contributed by atoms with Crippen molar-refractivity contribution < 1.29 is 9.10 Å². The number of anilines is 1. The van der Waals surface area contributed by atoms with E-state index in [1.807, 2.05) is 29.9 Å². The molecular weight excluding hydrogens is 218 g/mol. The largest absolute Gasteiger partial charge is 0.467 e. The van der Waals surface area contributed by atoms with Crippen LogP contribution in [0.4, 0.5) is 5.82 Å². The standard InChI is InChI=1S/C11H11N5O/c1-16-9-4-5-12-11(10(9)14-15-16)13-7-8-3-2-6-17-8/h2-6H,7H2,1H3,(H,12,13,15)/p+1. The molecule has 0 radical (unpaired) electrons. The summed E-state index contributed by atoms with van der Waals surface area (Å²) in [5.41, 5.74) is 1.82. The Morgan fingerprint density at radius 2 is 2.41 bits per heavy atom. The Morgan fingerprint density at radius 3 is 3.24 bits per heavy atom. The van der Waals surface area contributed by atoms with Crippen LogP contribution in [-0.2, 0) is 13.6 Å². The van der Waals surface area contributed by atoms with Gasteiger partial charge in [0.15, 0.2) is 5.82 Å². The van der Waals surface area contributed by atoms with Crippen LogP contribution >= 0.6 is 0 Å². The van der Waals surface area contributed by atoms with Gasteiger partial charge in [0, 0.05) is 17.4 Å². The van der Waals surface area contributed by atoms with Crippen LogP contribution in [0.5, 0.6) is 0 Å². The number of rotatable bonds is 3. The van der Waals surface area contributed by atoms with Gasteiger partial charge in [-0.15, -0.1) is 0 Å². The highest BCUT2D eigenvalue weighted by Crippen LogP contribution is 2.15. The third-order valence-corrected chi connectivity index (χ3v) is 2.59. The van der Waals surface area contributed by atoms with Crippen LogP contribution in [0.3, 0.4) is 0 Å². The highest BCUT2D eigenvalue weighted by atomic mass is 16.3. The monoisotopic (exact) mass is 230 g/mol. The number of hydrogen-bond acceptors (Lipinski definition) is 4. The van der Waals surface area contributed by atoms with Crippen molar-refractivity contribution in [3.63, 3.8) is 0 Å². The van der Waals surface area contributed by atoms with E-state index in [0.717, 1.165) is 22.6 Å². The van der Waals surface area contributed by atoms with Crippen molar-refractivity contribution >= 4 is 16.9 Å². The van der Waals surface area contributed by atoms with Gasteiger partial charge in [-0.25, -0.2) is 4.98 Å². The number of fused-ring (bicyclic) bond motifs is 1. The summed E-state index contributed by atoms with van der Waals surface area (Å²) >= 11 is 0. The maximum absolute atomic E-state index is 5.25. The van der Waals surface area contributed by atoms with E-state index in [1.54, 1.807) is 12.5 Å². The minimum Gasteiger partial charge on any atom is -0.467 e. The predicted molar refractivity (Wildman–Crippen MR) is 61.1 cm³/mol. The zero-order chi connectivity index (χ0) is 11.7. The summed E-state index contributed by atoms with van der Waals surface area (Å²) in [5.74, 6) is 1.61. The second-order valence-electron chi connectivity index (χ2n) is 3.73. The van der Waals surface area contributed by atoms with Crippen molar-refractivity contribution in [3.05, 3.63) is 36.4 Å². The molecule has 17 heavy (non-hydrogen) atoms. The predicted octanol–water partition coefficient (Wildman–Crippen LogP) is 0.987. The Balaban J connectivity index is 1.90. The summed E-state index contributed by atoms with van der Waals surface area (Å²) in [4.78, 5) is 4.27. The zero-order valence-electron chi connectivity index (χ0n) is 9.34. The van der Waals surface area contributed by atoms with Gasteiger partial charge in [-0.05, 0) is 12.1 Å². The van der Waals surface area contributed by atoms with Crippen LogP contribution in [0.15, 0.2) is 35.1 Å². The quantitative estimate of drug-likeness (QED) is 0.658. The van der Waals surface area contributed by atoms with Gasteiger partial charge in [-0.1, -0.05) is 5.21 Å². The Labute approximate surface area is 97.3 Å². The van der Waals surface area contributed by atoms with Crippen LogP contribution in [0.1, 0.15) is 5.76 Å². The van der Waals surface area contributed by atoms with E-state index in [0.29, 0.717) is 6.54 Å². The third kappa shape index (κ3) is 1.73. The molecule has 0 saturated carbocycles. The van der Waals surface area contributed by atoms with E-state index in [1.165, 1.54) is 0 Å². The molecule has 0 amide bonds. The third-order valence-electron chi connectivity index (χ3n) is 2.59. The molecule has 0 aromatic carbocycles. The highest BCUT2D eigenvalue weighted by Gasteiger charge is 2.15. The van der Waals surface area contributed by atoms with Gasteiger partial charge in [0.2, 0.25) is 5.52 Å². The summed E-state index contributed by atoms with van der Waals surface area (Å²) in [6.07, 6.45) is 3.40. The minimum atomic E-state index is 0.593. The zero-order valence-corrected chi connectivity index (χ0v) is 9.34. The normalized spacial score (nSPS) is 10.9. The molecule has 0 atom stereocenters. The number of nitrogens with one attached hydrogen (secondary N) is 2. The smallest absolute Gasteiger partial charge is 0.290 e. The SMILES string of the molecule is C[n+]1[nH]nc2c(NCc3ccco3)nccc21. The fraction of sp³-hybridized carbons (Fsp3) is 0.182. The Bertz CT molecular complexity index is 628. The molecule has 0 aliphatic rings. The van der Waals surface area contributed by atoms with Crippen LogP contribution in [0.25, 0.3) is 11.0 Å². The molecule has 0 aliphatic heterocycles. The van der Waals surface area contributed by atoms with Crippen molar-refractivity contribution in [1.29, 1.82) is 0 Å². The van der Waals surface area contributed by atoms with Crippen molar-refractivity contribution in [2.75, 3.05) is 5.32 Å². The van der Waals surface area contributed by atoms with Crippen molar-refractivity contribution in [1.82, 2.24) is 15.3 Å². The first-order valence-corrected chi connectivity index (χ1v) is 5.30. The molecule has 0 unspecified atom stereocenters. The van der Waals surface area contributed by atoms with Gasteiger partial charge in [0.1, 0.15) is 12.8 Å². The van der Waals surface area contributed by atoms with E-state index in [-0.39, 0.29) is 0 Å². The topological polar surface area (TPSA) is 70.6 Å². The van der Waals surface area contributed by atoms with Crippen molar-refractivity contribution in [3.8, 4) is 0 Å². The second kappa shape index (κ2) is 3.89. The molecule has 3 rings (SSSR count). The first-order valence-electron chi connectivity index (χ1n) is 5.30. The fourth-order valence-electron chi connectivity index (χ4n) is 1.72. The van der Waals surface area contributed by atoms with E-state index < -0.39 is 0 Å². The number of hydrogen-bond donors (Lipinski definition) is 2. The maximum Gasteiger partial charge on any atom is 0.290 e. The summed E-state index contributed by atoms with van der Waals surface area (Å²) in [6.45, 7) is 0.593. The lowest BCUT2D eigenvalue weighted by Crippen LogP contribution is -2.30. The fourth-order valence-corrected chi connectivity index (χ4v) is 1.72. The van der Waals surface area contributed by atoms with Crippen molar-refractivity contribution in [2.45, 2.75) is 6.54 Å². The van der Waals surface area contributed by atoms with Crippen LogP contribution in [0, 0.1) is 0 Å². The molecule has 0 bridgehead atoms. The molecule has 0 spiro atoms. The number of aryl methyl sites for hydroxylation is 1. The number of pyridine rings is 1. The number of nitrogens with zero attached hydrogens (tertiary/aromatic N) is 3. The lowest BCUT2D eigenvalue weighted by molar-refractivity contribution is -0.707. The number of aromatic nitrogens is 4. The van der Waals surface area contributed by atoms with Gasteiger partial charge in [-0.2, -0.15) is 4.68 Å². The molecule has 6 heteroatoms. The average Bonchev–Trinajstić information content (AvgIpc) is 2.97. The molecule has 0 saturated heterocycles. The molecule has 2 N–H and O–H groups in total. The van der Waals surface area contributed by atoms with Crippen LogP contribution < -0.4 is 10.00 Å². The van der Waals surface area contributed by atoms with Crippen LogP contribution in [0.2, 0.25) is 0 Å². The number of aromatic amines is 1. The summed E-state index contributed by atoms with van der Waals surface area (Å²) in [6, 6.07) is 5.69. The van der Waals surface area contributed by atoms with Gasteiger partial charge in [0.05, 0.1) is 12.8 Å². The van der Waals surface area contributed by atoms with Gasteiger partial charge >= 0.3 is 0 Å². The van der Waals surface area contributed by atoms with Gasteiger partial charge in [-0.3, -0.25) is 0 Å². The Hall–Kier alpha value is -2.37. The van der Waals surface area contributed by atoms with E-state index in [9.17, 15) is 0 Å². The van der Waals surface area contributed by atoms with Gasteiger partial charge < -0.3 is 9.73 Å². The Morgan fingerprint density at radius 1 is 1.47 bits per heavy atom. The maximum atomic E-state index is 5.25. The molecule has 86 valence electrons. The molecular formula is C11H12N5O+. The molecule has 3 aromatic heterocycles. The molecule has 0 fully saturated rings. The lowest BCUT2D eigenvalue weighted by atomic mass is 10.3. The second-order valence-corrected chi connectivity index (χ2v) is 3.73. The minimum absolute atomic E-state index is 0.593. The first-order chi connectivity index (χ1) is 8.34. The molecule has 3 heterocycles. The van der Waals surface area contributed by atoms with E-state index in [4.69, 9.17) is 4.42 Å². The summed E-state index contributed by atoms with van der Waals surface area (Å²) < 4.78 is 7.09. The highest BCUT2D eigenvalue weighted by molar-refractivity contribution is 5.82. The van der Waals surface area contributed by atoms with Crippen molar-refractivity contribution in [2.24, 2.45) is 7.05 Å². The van der Waals surface area contributed by atoms with Gasteiger partial charge in [0.25, 0.3) is 5.52 Å². The lowest BCUT2D eigenvalue weighted by Gasteiger charge is -2.00. The first kappa shape index (κ1) is 9.83. The Kier molecular flexibility index (Phi) is 2.25. The molecule has 6 nitrogen and oxygen atoms in total. The van der Waals surface area contributed by atoms with Crippen LogP contribution in [-0.4, -0.2) is 15.3 Å². The molecule has 3 aromatic rings. The summed E-state index contributed by atoms with van der Waals surface area (Å²) in [7, 11) is 1.91. The summed E-state index contributed by atoms with van der Waals surface area (Å²) in [5, 5.41) is 10.3. The number of furan rings is 1.